The number of thiazole rings is 1. The SMILES string of the molecule is Cc1sc2ncc(C(=O)CCc3ccccc3)n2c1C. The van der Waals surface area contributed by atoms with E-state index in [1.807, 2.05) is 29.5 Å². The minimum Gasteiger partial charge on any atom is -0.292 e. The summed E-state index contributed by atoms with van der Waals surface area (Å²) in [5, 5.41) is 0. The lowest BCUT2D eigenvalue weighted by Crippen LogP contribution is -2.05. The lowest BCUT2D eigenvalue weighted by atomic mass is 10.1. The van der Waals surface area contributed by atoms with Crippen LogP contribution < -0.4 is 0 Å². The van der Waals surface area contributed by atoms with Gasteiger partial charge >= 0.3 is 0 Å². The van der Waals surface area contributed by atoms with E-state index in [1.165, 1.54) is 10.4 Å². The van der Waals surface area contributed by atoms with E-state index in [0.29, 0.717) is 12.1 Å². The average molecular weight is 284 g/mol. The van der Waals surface area contributed by atoms with Gasteiger partial charge in [0, 0.05) is 17.0 Å². The third kappa shape index (κ3) is 2.27. The van der Waals surface area contributed by atoms with E-state index < -0.39 is 0 Å². The molecular weight excluding hydrogens is 268 g/mol. The highest BCUT2D eigenvalue weighted by atomic mass is 32.1. The highest BCUT2D eigenvalue weighted by Crippen LogP contribution is 2.23. The Morgan fingerprint density at radius 1 is 1.25 bits per heavy atom. The molecule has 0 N–H and O–H groups in total. The Kier molecular flexibility index (Phi) is 3.40. The van der Waals surface area contributed by atoms with Gasteiger partial charge in [0.2, 0.25) is 0 Å². The van der Waals surface area contributed by atoms with Gasteiger partial charge in [-0.15, -0.1) is 11.3 Å². The fourth-order valence-electron chi connectivity index (χ4n) is 2.33. The Morgan fingerprint density at radius 3 is 2.75 bits per heavy atom. The molecule has 0 aliphatic heterocycles. The number of Topliss-reactive ketones (excluding diaryl/α,β-unsaturated/α-hetero) is 1. The third-order valence-corrected chi connectivity index (χ3v) is 4.66. The molecule has 0 bridgehead atoms. The van der Waals surface area contributed by atoms with Crippen molar-refractivity contribution in [3.63, 3.8) is 0 Å². The summed E-state index contributed by atoms with van der Waals surface area (Å²) in [5.74, 6) is 0.155. The quantitative estimate of drug-likeness (QED) is 0.682. The molecule has 2 heterocycles. The molecule has 0 fully saturated rings. The predicted octanol–water partition coefficient (Wildman–Crippen LogP) is 3.83. The van der Waals surface area contributed by atoms with Crippen LogP contribution >= 0.6 is 11.3 Å². The summed E-state index contributed by atoms with van der Waals surface area (Å²) in [7, 11) is 0. The maximum absolute atomic E-state index is 12.4. The number of carbonyl (C=O) groups is 1. The number of ketones is 1. The molecule has 0 aliphatic rings. The van der Waals surface area contributed by atoms with Crippen LogP contribution in [0.4, 0.5) is 0 Å². The molecule has 2 aromatic heterocycles. The summed E-state index contributed by atoms with van der Waals surface area (Å²) in [4.78, 5) is 18.9. The van der Waals surface area contributed by atoms with Gasteiger partial charge in [-0.25, -0.2) is 4.98 Å². The summed E-state index contributed by atoms with van der Waals surface area (Å²) in [5.41, 5.74) is 3.02. The van der Waals surface area contributed by atoms with Crippen molar-refractivity contribution in [1.29, 1.82) is 0 Å². The molecule has 4 heteroatoms. The molecule has 0 amide bonds. The molecule has 0 atom stereocenters. The Bertz CT molecular complexity index is 755. The van der Waals surface area contributed by atoms with Crippen LogP contribution in [0.15, 0.2) is 36.5 Å². The van der Waals surface area contributed by atoms with Gasteiger partial charge in [0.1, 0.15) is 5.69 Å². The van der Waals surface area contributed by atoms with Crippen LogP contribution in [0, 0.1) is 13.8 Å². The average Bonchev–Trinajstić information content (AvgIpc) is 2.99. The first-order valence-electron chi connectivity index (χ1n) is 6.67. The molecule has 0 saturated carbocycles. The Morgan fingerprint density at radius 2 is 2.00 bits per heavy atom. The first kappa shape index (κ1) is 13.1. The van der Waals surface area contributed by atoms with E-state index in [9.17, 15) is 4.79 Å². The van der Waals surface area contributed by atoms with Crippen molar-refractivity contribution in [2.45, 2.75) is 26.7 Å². The summed E-state index contributed by atoms with van der Waals surface area (Å²) < 4.78 is 1.98. The van der Waals surface area contributed by atoms with Gasteiger partial charge in [-0.2, -0.15) is 0 Å². The second-order valence-corrected chi connectivity index (χ2v) is 6.10. The molecule has 20 heavy (non-hydrogen) atoms. The number of carbonyl (C=O) groups excluding carboxylic acids is 1. The zero-order chi connectivity index (χ0) is 14.1. The van der Waals surface area contributed by atoms with Crippen molar-refractivity contribution in [3.8, 4) is 0 Å². The smallest absolute Gasteiger partial charge is 0.194 e. The van der Waals surface area contributed by atoms with Crippen molar-refractivity contribution >= 4 is 22.1 Å². The van der Waals surface area contributed by atoms with Crippen LogP contribution in [0.1, 0.15) is 33.0 Å². The first-order valence-corrected chi connectivity index (χ1v) is 7.49. The molecule has 0 radical (unpaired) electrons. The number of hydrogen-bond acceptors (Lipinski definition) is 3. The minimum absolute atomic E-state index is 0.155. The zero-order valence-electron chi connectivity index (χ0n) is 11.6. The number of aromatic nitrogens is 2. The number of fused-ring (bicyclic) bond motifs is 1. The largest absolute Gasteiger partial charge is 0.292 e. The maximum Gasteiger partial charge on any atom is 0.194 e. The number of nitrogens with zero attached hydrogens (tertiary/aromatic N) is 2. The highest BCUT2D eigenvalue weighted by Gasteiger charge is 2.16. The fraction of sp³-hybridized carbons (Fsp3) is 0.250. The molecule has 0 aliphatic carbocycles. The van der Waals surface area contributed by atoms with Crippen molar-refractivity contribution in [3.05, 3.63) is 58.4 Å². The summed E-state index contributed by atoms with van der Waals surface area (Å²) in [6.45, 7) is 4.10. The number of hydrogen-bond donors (Lipinski definition) is 0. The van der Waals surface area contributed by atoms with Crippen LogP contribution in [-0.2, 0) is 6.42 Å². The predicted molar refractivity (Wildman–Crippen MR) is 81.6 cm³/mol. The van der Waals surface area contributed by atoms with Crippen LogP contribution in [-0.4, -0.2) is 15.2 Å². The van der Waals surface area contributed by atoms with E-state index in [-0.39, 0.29) is 5.78 Å². The number of imidazole rings is 1. The van der Waals surface area contributed by atoms with Crippen LogP contribution in [0.2, 0.25) is 0 Å². The Balaban J connectivity index is 1.82. The van der Waals surface area contributed by atoms with Gasteiger partial charge < -0.3 is 0 Å². The molecule has 3 rings (SSSR count). The standard InChI is InChI=1S/C16H16N2OS/c1-11-12(2)20-16-17-10-14(18(11)16)15(19)9-8-13-6-4-3-5-7-13/h3-7,10H,8-9H2,1-2H3. The van der Waals surface area contributed by atoms with Crippen LogP contribution in [0.5, 0.6) is 0 Å². The summed E-state index contributed by atoms with van der Waals surface area (Å²) in [6.07, 6.45) is 2.99. The summed E-state index contributed by atoms with van der Waals surface area (Å²) >= 11 is 1.63. The van der Waals surface area contributed by atoms with E-state index in [1.54, 1.807) is 17.5 Å². The first-order chi connectivity index (χ1) is 9.66. The van der Waals surface area contributed by atoms with Crippen molar-refractivity contribution in [1.82, 2.24) is 9.38 Å². The number of benzene rings is 1. The lowest BCUT2D eigenvalue weighted by Gasteiger charge is -2.02. The topological polar surface area (TPSA) is 34.4 Å². The van der Waals surface area contributed by atoms with Gasteiger partial charge in [-0.3, -0.25) is 9.20 Å². The van der Waals surface area contributed by atoms with E-state index in [4.69, 9.17) is 0 Å². The molecule has 0 unspecified atom stereocenters. The Hall–Kier alpha value is -1.94. The van der Waals surface area contributed by atoms with E-state index in [2.05, 4.69) is 24.0 Å². The second kappa shape index (κ2) is 5.21. The molecule has 1 aromatic carbocycles. The van der Waals surface area contributed by atoms with Crippen molar-refractivity contribution in [2.75, 3.05) is 0 Å². The van der Waals surface area contributed by atoms with Gasteiger partial charge in [0.15, 0.2) is 10.7 Å². The number of rotatable bonds is 4. The van der Waals surface area contributed by atoms with Gasteiger partial charge in [-0.1, -0.05) is 30.3 Å². The van der Waals surface area contributed by atoms with E-state index >= 15 is 0 Å². The van der Waals surface area contributed by atoms with Gasteiger partial charge in [-0.05, 0) is 25.8 Å². The highest BCUT2D eigenvalue weighted by molar-refractivity contribution is 7.17. The van der Waals surface area contributed by atoms with Crippen LogP contribution in [0.25, 0.3) is 4.96 Å². The van der Waals surface area contributed by atoms with Gasteiger partial charge in [0.25, 0.3) is 0 Å². The van der Waals surface area contributed by atoms with Crippen molar-refractivity contribution in [2.24, 2.45) is 0 Å². The molecule has 0 spiro atoms. The van der Waals surface area contributed by atoms with Crippen molar-refractivity contribution < 1.29 is 4.79 Å². The van der Waals surface area contributed by atoms with E-state index in [0.717, 1.165) is 17.1 Å². The Labute approximate surface area is 121 Å². The molecule has 0 saturated heterocycles. The zero-order valence-corrected chi connectivity index (χ0v) is 12.4. The number of aryl methyl sites for hydroxylation is 3. The molecular formula is C16H16N2OS. The monoisotopic (exact) mass is 284 g/mol. The molecule has 102 valence electrons. The lowest BCUT2D eigenvalue weighted by molar-refractivity contribution is 0.0977. The second-order valence-electron chi connectivity index (χ2n) is 4.91. The van der Waals surface area contributed by atoms with Gasteiger partial charge in [0.05, 0.1) is 6.20 Å². The third-order valence-electron chi connectivity index (χ3n) is 3.59. The fourth-order valence-corrected chi connectivity index (χ4v) is 3.27. The summed E-state index contributed by atoms with van der Waals surface area (Å²) in [6, 6.07) is 10.1. The minimum atomic E-state index is 0.155. The normalized spacial score (nSPS) is 11.1. The van der Waals surface area contributed by atoms with Crippen LogP contribution in [0.3, 0.4) is 0 Å². The molecule has 3 nitrogen and oxygen atoms in total. The molecule has 3 aromatic rings. The maximum atomic E-state index is 12.4.